The lowest BCUT2D eigenvalue weighted by molar-refractivity contribution is -0.151. The maximum absolute atomic E-state index is 12.6. The number of halogens is 1. The number of carbonyl (C=O) groups excluding carboxylic acids is 3. The van der Waals surface area contributed by atoms with Gasteiger partial charge in [0, 0.05) is 24.3 Å². The van der Waals surface area contributed by atoms with Crippen LogP contribution in [0.25, 0.3) is 0 Å². The van der Waals surface area contributed by atoms with Crippen molar-refractivity contribution >= 4 is 29.6 Å². The van der Waals surface area contributed by atoms with Crippen LogP contribution in [0.1, 0.15) is 88.7 Å². The van der Waals surface area contributed by atoms with E-state index in [1.54, 1.807) is 13.0 Å². The van der Waals surface area contributed by atoms with Crippen LogP contribution in [0.5, 0.6) is 11.5 Å². The first-order valence-electron chi connectivity index (χ1n) is 12.3. The number of benzene rings is 1. The summed E-state index contributed by atoms with van der Waals surface area (Å²) >= 11 is 6.18. The molecule has 1 saturated carbocycles. The van der Waals surface area contributed by atoms with Crippen molar-refractivity contribution in [3.05, 3.63) is 33.4 Å². The zero-order valence-corrected chi connectivity index (χ0v) is 22.7. The summed E-state index contributed by atoms with van der Waals surface area (Å²) in [6, 6.07) is 0. The minimum Gasteiger partial charge on any atom is -0.507 e. The standard InChI is InChI=1S/C28H39ClO6/c1-15(2)12-24(32)35-23(13-28(7)17(4)9-11-22(31)19(28)6)16(3)8-10-20-26(33)21(14-30)18(5)25(29)27(20)34/h8,14-15,17,19,23,33-34H,9-13H2,1-7H3/b16-8+/t17-,19+,23-,28+/m1/s1. The zero-order chi connectivity index (χ0) is 26.7. The van der Waals surface area contributed by atoms with Crippen LogP contribution in [-0.2, 0) is 20.7 Å². The summed E-state index contributed by atoms with van der Waals surface area (Å²) in [6.07, 6.45) is 3.93. The number of ketones is 1. The van der Waals surface area contributed by atoms with Gasteiger partial charge in [-0.25, -0.2) is 0 Å². The van der Waals surface area contributed by atoms with E-state index in [-0.39, 0.29) is 75.4 Å². The Balaban J connectivity index is 2.43. The first-order chi connectivity index (χ1) is 16.2. The monoisotopic (exact) mass is 506 g/mol. The number of Topliss-reactive ketones (excluding diaryl/α,β-unsaturated/α-hetero) is 1. The van der Waals surface area contributed by atoms with Gasteiger partial charge in [-0.05, 0) is 61.5 Å². The van der Waals surface area contributed by atoms with Gasteiger partial charge >= 0.3 is 5.97 Å². The highest BCUT2D eigenvalue weighted by atomic mass is 35.5. The van der Waals surface area contributed by atoms with Gasteiger partial charge in [0.1, 0.15) is 23.4 Å². The SMILES string of the molecule is C/C(=C\Cc1c(O)c(Cl)c(C)c(C=O)c1O)[C@@H](C[C@@]1(C)[C@H](C)CCC(=O)[C@@H]1C)OC(=O)CC(C)C. The highest BCUT2D eigenvalue weighted by molar-refractivity contribution is 6.33. The third-order valence-corrected chi connectivity index (χ3v) is 8.38. The van der Waals surface area contributed by atoms with Crippen molar-refractivity contribution < 1.29 is 29.3 Å². The van der Waals surface area contributed by atoms with Crippen LogP contribution in [-0.4, -0.2) is 34.4 Å². The molecule has 0 heterocycles. The van der Waals surface area contributed by atoms with Crippen LogP contribution in [0, 0.1) is 30.1 Å². The van der Waals surface area contributed by atoms with Crippen LogP contribution in [0.4, 0.5) is 0 Å². The fraction of sp³-hybridized carbons (Fsp3) is 0.607. The summed E-state index contributed by atoms with van der Waals surface area (Å²) in [4.78, 5) is 36.7. The van der Waals surface area contributed by atoms with Crippen molar-refractivity contribution in [2.45, 2.75) is 86.7 Å². The maximum atomic E-state index is 12.6. The minimum absolute atomic E-state index is 0.0155. The Hall–Kier alpha value is -2.34. The second-order valence-corrected chi connectivity index (χ2v) is 11.1. The molecule has 194 valence electrons. The van der Waals surface area contributed by atoms with Crippen molar-refractivity contribution in [1.82, 2.24) is 0 Å². The molecule has 1 aromatic rings. The minimum atomic E-state index is -0.571. The lowest BCUT2D eigenvalue weighted by Gasteiger charge is -2.45. The van der Waals surface area contributed by atoms with E-state index < -0.39 is 6.10 Å². The molecule has 0 aromatic heterocycles. The molecule has 1 aromatic carbocycles. The molecule has 0 radical (unpaired) electrons. The number of hydrogen-bond donors (Lipinski definition) is 2. The Morgan fingerprint density at radius 1 is 1.26 bits per heavy atom. The molecule has 2 N–H and O–H groups in total. The molecule has 0 amide bonds. The molecule has 1 aliphatic carbocycles. The number of esters is 1. The first-order valence-corrected chi connectivity index (χ1v) is 12.7. The van der Waals surface area contributed by atoms with Gasteiger partial charge in [-0.15, -0.1) is 0 Å². The predicted octanol–water partition coefficient (Wildman–Crippen LogP) is 6.35. The molecule has 2 rings (SSSR count). The molecule has 0 saturated heterocycles. The molecule has 6 nitrogen and oxygen atoms in total. The third-order valence-electron chi connectivity index (χ3n) is 7.92. The van der Waals surface area contributed by atoms with E-state index in [9.17, 15) is 24.6 Å². The molecule has 1 aliphatic rings. The average molecular weight is 507 g/mol. The van der Waals surface area contributed by atoms with Crippen molar-refractivity contribution in [1.29, 1.82) is 0 Å². The summed E-state index contributed by atoms with van der Waals surface area (Å²) in [5.74, 6) is -0.429. The molecular weight excluding hydrogens is 468 g/mol. The topological polar surface area (TPSA) is 101 Å². The number of rotatable bonds is 9. The van der Waals surface area contributed by atoms with Crippen molar-refractivity contribution in [2.75, 3.05) is 0 Å². The summed E-state index contributed by atoms with van der Waals surface area (Å²) in [6.45, 7) is 13.5. The second kappa shape index (κ2) is 11.6. The molecule has 0 spiro atoms. The quantitative estimate of drug-likeness (QED) is 0.230. The number of phenolic OH excluding ortho intramolecular Hbond substituents is 2. The third kappa shape index (κ3) is 6.27. The Morgan fingerprint density at radius 2 is 1.89 bits per heavy atom. The van der Waals surface area contributed by atoms with Crippen LogP contribution in [0.15, 0.2) is 11.6 Å². The number of aromatic hydroxyl groups is 2. The Labute approximate surface area is 213 Å². The smallest absolute Gasteiger partial charge is 0.306 e. The summed E-state index contributed by atoms with van der Waals surface area (Å²) in [7, 11) is 0. The van der Waals surface area contributed by atoms with Gasteiger partial charge in [0.05, 0.1) is 10.6 Å². The largest absolute Gasteiger partial charge is 0.507 e. The van der Waals surface area contributed by atoms with E-state index in [4.69, 9.17) is 16.3 Å². The molecule has 0 unspecified atom stereocenters. The molecular formula is C28H39ClO6. The van der Waals surface area contributed by atoms with Gasteiger partial charge in [0.15, 0.2) is 6.29 Å². The first kappa shape index (κ1) is 28.9. The molecule has 1 fully saturated rings. The number of hydrogen-bond acceptors (Lipinski definition) is 6. The molecule has 4 atom stereocenters. The zero-order valence-electron chi connectivity index (χ0n) is 21.9. The van der Waals surface area contributed by atoms with Gasteiger partial charge < -0.3 is 14.9 Å². The number of aldehydes is 1. The molecule has 7 heteroatoms. The molecule has 0 bridgehead atoms. The fourth-order valence-corrected chi connectivity index (χ4v) is 5.14. The lowest BCUT2D eigenvalue weighted by Crippen LogP contribution is -2.44. The number of ether oxygens (including phenoxy) is 1. The summed E-state index contributed by atoms with van der Waals surface area (Å²) < 4.78 is 5.93. The predicted molar refractivity (Wildman–Crippen MR) is 137 cm³/mol. The van der Waals surface area contributed by atoms with Gasteiger partial charge in [0.25, 0.3) is 0 Å². The van der Waals surface area contributed by atoms with Crippen LogP contribution in [0.3, 0.4) is 0 Å². The van der Waals surface area contributed by atoms with Gasteiger partial charge in [-0.1, -0.05) is 52.3 Å². The van der Waals surface area contributed by atoms with Gasteiger partial charge in [-0.3, -0.25) is 14.4 Å². The normalized spacial score (nSPS) is 23.9. The lowest BCUT2D eigenvalue weighted by atomic mass is 9.59. The fourth-order valence-electron chi connectivity index (χ4n) is 4.93. The molecule has 35 heavy (non-hydrogen) atoms. The van der Waals surface area contributed by atoms with E-state index in [2.05, 4.69) is 13.8 Å². The summed E-state index contributed by atoms with van der Waals surface area (Å²) in [5, 5.41) is 21.1. The number of allylic oxidation sites excluding steroid dienone is 1. The number of phenols is 2. The van der Waals surface area contributed by atoms with Gasteiger partial charge in [0.2, 0.25) is 0 Å². The van der Waals surface area contributed by atoms with E-state index in [0.29, 0.717) is 24.7 Å². The Kier molecular flexibility index (Phi) is 9.57. The Morgan fingerprint density at radius 3 is 2.46 bits per heavy atom. The molecule has 0 aliphatic heterocycles. The van der Waals surface area contributed by atoms with E-state index >= 15 is 0 Å². The average Bonchev–Trinajstić information content (AvgIpc) is 2.78. The van der Waals surface area contributed by atoms with Crippen molar-refractivity contribution in [3.8, 4) is 11.5 Å². The maximum Gasteiger partial charge on any atom is 0.306 e. The van der Waals surface area contributed by atoms with Gasteiger partial charge in [-0.2, -0.15) is 0 Å². The van der Waals surface area contributed by atoms with Crippen molar-refractivity contribution in [2.24, 2.45) is 23.2 Å². The second-order valence-electron chi connectivity index (χ2n) is 10.7. The Bertz CT molecular complexity index is 1010. The highest BCUT2D eigenvalue weighted by Crippen LogP contribution is 2.48. The van der Waals surface area contributed by atoms with Crippen LogP contribution >= 0.6 is 11.6 Å². The van der Waals surface area contributed by atoms with Crippen molar-refractivity contribution in [3.63, 3.8) is 0 Å². The van der Waals surface area contributed by atoms with E-state index in [1.165, 1.54) is 0 Å². The number of carbonyl (C=O) groups is 3. The highest BCUT2D eigenvalue weighted by Gasteiger charge is 2.45. The van der Waals surface area contributed by atoms with E-state index in [0.717, 1.165) is 12.0 Å². The van der Waals surface area contributed by atoms with Crippen LogP contribution in [0.2, 0.25) is 5.02 Å². The van der Waals surface area contributed by atoms with E-state index in [1.807, 2.05) is 27.7 Å². The van der Waals surface area contributed by atoms with Crippen LogP contribution < -0.4 is 0 Å². The summed E-state index contributed by atoms with van der Waals surface area (Å²) in [5.41, 5.74) is 0.859.